The molecule has 1 N–H and O–H groups in total. The van der Waals surface area contributed by atoms with Gasteiger partial charge in [-0.2, -0.15) is 0 Å². The van der Waals surface area contributed by atoms with Gasteiger partial charge in [0.05, 0.1) is 30.4 Å². The minimum Gasteiger partial charge on any atom is -0.493 e. The topological polar surface area (TPSA) is 90.0 Å². The molecular weight excluding hydrogens is 466 g/mol. The summed E-state index contributed by atoms with van der Waals surface area (Å²) in [5.41, 5.74) is 1.04. The Bertz CT molecular complexity index is 1240. The molecule has 0 spiro atoms. The predicted octanol–water partition coefficient (Wildman–Crippen LogP) is 5.24. The Balaban J connectivity index is 1.54. The third-order valence-corrected chi connectivity index (χ3v) is 6.16. The largest absolute Gasteiger partial charge is 0.493 e. The fourth-order valence-electron chi connectivity index (χ4n) is 3.41. The van der Waals surface area contributed by atoms with Gasteiger partial charge in [-0.25, -0.2) is 9.10 Å². The number of urea groups is 1. The van der Waals surface area contributed by atoms with E-state index in [2.05, 4.69) is 23.1 Å². The van der Waals surface area contributed by atoms with Crippen LogP contribution in [0.1, 0.15) is 13.3 Å². The van der Waals surface area contributed by atoms with E-state index in [4.69, 9.17) is 25.8 Å². The Kier molecular flexibility index (Phi) is 6.53. The first-order chi connectivity index (χ1) is 15.8. The van der Waals surface area contributed by atoms with Gasteiger partial charge in [-0.1, -0.05) is 31.3 Å². The van der Waals surface area contributed by atoms with Gasteiger partial charge in [-0.05, 0) is 42.7 Å². The Morgan fingerprint density at radius 3 is 2.42 bits per heavy atom. The fraction of sp³-hybridized carbons (Fsp3) is 0.261. The number of hydrogen-bond donors (Lipinski definition) is 2. The van der Waals surface area contributed by atoms with Gasteiger partial charge in [0.1, 0.15) is 11.5 Å². The van der Waals surface area contributed by atoms with E-state index in [1.165, 1.54) is 6.07 Å². The lowest BCUT2D eigenvalue weighted by Gasteiger charge is -2.17. The van der Waals surface area contributed by atoms with Crippen LogP contribution >= 0.6 is 24.4 Å². The number of amides is 3. The van der Waals surface area contributed by atoms with Crippen LogP contribution in [0.3, 0.4) is 0 Å². The molecule has 0 aliphatic heterocycles. The number of pyridine rings is 1. The van der Waals surface area contributed by atoms with E-state index < -0.39 is 6.03 Å². The van der Waals surface area contributed by atoms with E-state index in [0.717, 1.165) is 10.7 Å². The quantitative estimate of drug-likeness (QED) is 0.462. The van der Waals surface area contributed by atoms with E-state index in [1.54, 1.807) is 50.7 Å². The maximum atomic E-state index is 12.4. The molecule has 2 unspecified atom stereocenters. The average Bonchev–Trinajstić information content (AvgIpc) is 3.55. The summed E-state index contributed by atoms with van der Waals surface area (Å²) in [6.07, 6.45) is 2.40. The summed E-state index contributed by atoms with van der Waals surface area (Å²) in [5.74, 6) is 1.85. The summed E-state index contributed by atoms with van der Waals surface area (Å²) in [4.78, 5) is 28.7. The minimum atomic E-state index is -0.645. The molecule has 1 aliphatic rings. The maximum absolute atomic E-state index is 12.4. The number of nitrogens with one attached hydrogen (secondary N) is 1. The molecule has 0 radical (unpaired) electrons. The molecule has 1 heterocycles. The number of halogens is 1. The highest BCUT2D eigenvalue weighted by molar-refractivity contribution is 7.82. The summed E-state index contributed by atoms with van der Waals surface area (Å²) in [6.45, 7) is 1.96. The number of carbonyl (C=O) groups excluding carboxylic acids is 2. The number of carbonyl (C=O) groups is 2. The first-order valence-corrected chi connectivity index (χ1v) is 10.9. The molecule has 1 fully saturated rings. The van der Waals surface area contributed by atoms with Gasteiger partial charge < -0.3 is 14.2 Å². The predicted molar refractivity (Wildman–Crippen MR) is 129 cm³/mol. The van der Waals surface area contributed by atoms with Crippen molar-refractivity contribution in [1.29, 1.82) is 0 Å². The monoisotopic (exact) mass is 487 g/mol. The second-order valence-corrected chi connectivity index (χ2v) is 8.48. The molecule has 1 aromatic heterocycles. The lowest BCUT2D eigenvalue weighted by atomic mass is 10.2. The number of ether oxygens (including phenoxy) is 3. The van der Waals surface area contributed by atoms with Gasteiger partial charge >= 0.3 is 6.03 Å². The van der Waals surface area contributed by atoms with Crippen molar-refractivity contribution in [1.82, 2.24) is 10.3 Å². The van der Waals surface area contributed by atoms with Crippen molar-refractivity contribution < 1.29 is 23.8 Å². The van der Waals surface area contributed by atoms with Crippen LogP contribution in [0.25, 0.3) is 10.9 Å². The number of imide groups is 1. The van der Waals surface area contributed by atoms with Crippen LogP contribution in [0.4, 0.5) is 10.5 Å². The number of anilines is 1. The number of rotatable bonds is 6. The third kappa shape index (κ3) is 4.79. The zero-order valence-corrected chi connectivity index (χ0v) is 19.8. The zero-order valence-electron chi connectivity index (χ0n) is 18.2. The standard InChI is InChI=1S/C23H22ClN3O5S/c1-12-8-14(12)22(28)26-23(29)27(33)13-4-5-19(16(24)9-13)32-18-6-7-25-17-11-21(31-3)20(30-2)10-15(17)18/h4-7,9-12,14,33H,8H2,1-3H3,(H,26,28,29). The highest BCUT2D eigenvalue weighted by Gasteiger charge is 2.40. The van der Waals surface area contributed by atoms with Crippen LogP contribution in [0.5, 0.6) is 23.0 Å². The highest BCUT2D eigenvalue weighted by Crippen LogP contribution is 2.40. The van der Waals surface area contributed by atoms with Gasteiger partial charge in [-0.15, -0.1) is 0 Å². The SMILES string of the molecule is COc1cc2nccc(Oc3ccc(N(S)C(=O)NC(=O)C4CC4C)cc3Cl)c2cc1OC. The molecule has 33 heavy (non-hydrogen) atoms. The summed E-state index contributed by atoms with van der Waals surface area (Å²) in [6, 6.07) is 9.36. The van der Waals surface area contributed by atoms with Crippen molar-refractivity contribution in [3.63, 3.8) is 0 Å². The fourth-order valence-corrected chi connectivity index (χ4v) is 3.80. The van der Waals surface area contributed by atoms with Gasteiger partial charge in [0.2, 0.25) is 5.91 Å². The van der Waals surface area contributed by atoms with Crippen molar-refractivity contribution in [3.8, 4) is 23.0 Å². The van der Waals surface area contributed by atoms with Crippen molar-refractivity contribution in [2.45, 2.75) is 13.3 Å². The van der Waals surface area contributed by atoms with E-state index in [9.17, 15) is 9.59 Å². The Labute approximate surface area is 201 Å². The molecule has 0 bridgehead atoms. The minimum absolute atomic E-state index is 0.121. The second kappa shape index (κ2) is 9.36. The number of fused-ring (bicyclic) bond motifs is 1. The smallest absolute Gasteiger partial charge is 0.338 e. The molecule has 3 amide bonds. The lowest BCUT2D eigenvalue weighted by molar-refractivity contribution is -0.121. The molecule has 10 heteroatoms. The molecular formula is C23H22ClN3O5S. The van der Waals surface area contributed by atoms with Crippen LogP contribution in [0.15, 0.2) is 42.6 Å². The van der Waals surface area contributed by atoms with Crippen LogP contribution in [-0.2, 0) is 4.79 Å². The van der Waals surface area contributed by atoms with Gasteiger partial charge in [-0.3, -0.25) is 15.1 Å². The number of benzene rings is 2. The molecule has 172 valence electrons. The Morgan fingerprint density at radius 1 is 1.09 bits per heavy atom. The summed E-state index contributed by atoms with van der Waals surface area (Å²) in [5, 5.41) is 3.32. The van der Waals surface area contributed by atoms with E-state index >= 15 is 0 Å². The van der Waals surface area contributed by atoms with Crippen molar-refractivity contribution in [2.24, 2.45) is 11.8 Å². The summed E-state index contributed by atoms with van der Waals surface area (Å²) >= 11 is 10.6. The van der Waals surface area contributed by atoms with Gasteiger partial charge in [0.15, 0.2) is 11.5 Å². The summed E-state index contributed by atoms with van der Waals surface area (Å²) in [7, 11) is 3.10. The molecule has 2 atom stereocenters. The van der Waals surface area contributed by atoms with Gasteiger partial charge in [0.25, 0.3) is 0 Å². The molecule has 2 aromatic carbocycles. The third-order valence-electron chi connectivity index (χ3n) is 5.46. The first kappa shape index (κ1) is 23.0. The van der Waals surface area contributed by atoms with Crippen LogP contribution < -0.4 is 23.8 Å². The number of methoxy groups -OCH3 is 2. The van der Waals surface area contributed by atoms with Crippen molar-refractivity contribution >= 4 is 52.9 Å². The normalized spacial score (nSPS) is 16.8. The van der Waals surface area contributed by atoms with E-state index in [0.29, 0.717) is 45.5 Å². The number of nitrogens with zero attached hydrogens (tertiary/aromatic N) is 2. The molecule has 3 aromatic rings. The maximum Gasteiger partial charge on any atom is 0.338 e. The van der Waals surface area contributed by atoms with Gasteiger partial charge in [0, 0.05) is 23.6 Å². The first-order valence-electron chi connectivity index (χ1n) is 10.1. The molecule has 4 rings (SSSR count). The number of thiol groups is 1. The van der Waals surface area contributed by atoms with Crippen LogP contribution in [0, 0.1) is 11.8 Å². The molecule has 0 saturated heterocycles. The van der Waals surface area contributed by atoms with Crippen LogP contribution in [-0.4, -0.2) is 31.1 Å². The Morgan fingerprint density at radius 2 is 1.79 bits per heavy atom. The van der Waals surface area contributed by atoms with E-state index in [-0.39, 0.29) is 16.8 Å². The van der Waals surface area contributed by atoms with Crippen LogP contribution in [0.2, 0.25) is 5.02 Å². The lowest BCUT2D eigenvalue weighted by Crippen LogP contribution is -2.39. The van der Waals surface area contributed by atoms with Crippen molar-refractivity contribution in [3.05, 3.63) is 47.6 Å². The summed E-state index contributed by atoms with van der Waals surface area (Å²) < 4.78 is 17.8. The number of aromatic nitrogens is 1. The highest BCUT2D eigenvalue weighted by atomic mass is 35.5. The average molecular weight is 488 g/mol. The zero-order chi connectivity index (χ0) is 23.7. The van der Waals surface area contributed by atoms with E-state index in [1.807, 2.05) is 6.92 Å². The second-order valence-electron chi connectivity index (χ2n) is 7.68. The molecule has 1 aliphatic carbocycles. The molecule has 8 nitrogen and oxygen atoms in total. The molecule has 1 saturated carbocycles. The van der Waals surface area contributed by atoms with Crippen molar-refractivity contribution in [2.75, 3.05) is 18.5 Å². The Hall–Kier alpha value is -3.17. The number of hydrogen-bond acceptors (Lipinski definition) is 7.